The van der Waals surface area contributed by atoms with E-state index in [1.165, 1.54) is 0 Å². The molecular formula is C11H24NO3P. The number of nitrogens with one attached hydrogen (secondary N) is 1. The predicted octanol–water partition coefficient (Wildman–Crippen LogP) is 1.97. The third-order valence-electron chi connectivity index (χ3n) is 4.13. The molecule has 1 aliphatic heterocycles. The highest BCUT2D eigenvalue weighted by atomic mass is 31.2. The Bertz CT molecular complexity index is 254. The van der Waals surface area contributed by atoms with Crippen LogP contribution in [0, 0.1) is 11.3 Å². The van der Waals surface area contributed by atoms with Gasteiger partial charge in [0.2, 0.25) is 0 Å². The van der Waals surface area contributed by atoms with Crippen molar-refractivity contribution < 1.29 is 14.4 Å². The van der Waals surface area contributed by atoms with Crippen molar-refractivity contribution in [3.8, 4) is 0 Å². The molecule has 1 aliphatic rings. The lowest BCUT2D eigenvalue weighted by atomic mass is 9.69. The molecule has 0 amide bonds. The van der Waals surface area contributed by atoms with E-state index in [-0.39, 0.29) is 11.6 Å². The Kier molecular flexibility index (Phi) is 4.99. The van der Waals surface area contributed by atoms with Crippen LogP contribution in [0.1, 0.15) is 39.5 Å². The molecule has 96 valence electrons. The number of hydrogen-bond acceptors (Lipinski definition) is 2. The van der Waals surface area contributed by atoms with E-state index in [9.17, 15) is 14.4 Å². The Hall–Kier alpha value is 0.110. The molecule has 4 nitrogen and oxygen atoms in total. The van der Waals surface area contributed by atoms with Crippen LogP contribution in [0.5, 0.6) is 0 Å². The van der Waals surface area contributed by atoms with Gasteiger partial charge >= 0.3 is 7.60 Å². The molecule has 3 N–H and O–H groups in total. The largest absolute Gasteiger partial charge is 0.326 e. The maximum Gasteiger partial charge on any atom is 0.326 e. The standard InChI is InChI=1S/C11H24NO3P/c1-3-11(4-2,9-16(13,14)15)10-5-7-12-8-6-10/h10,12H,3-9H2,1-2H3,(H2,13,14,15). The predicted molar refractivity (Wildman–Crippen MR) is 65.5 cm³/mol. The lowest BCUT2D eigenvalue weighted by Gasteiger charge is -2.42. The van der Waals surface area contributed by atoms with Gasteiger partial charge in [0.25, 0.3) is 0 Å². The van der Waals surface area contributed by atoms with Crippen molar-refractivity contribution in [3.63, 3.8) is 0 Å². The Balaban J connectivity index is 2.81. The molecule has 0 unspecified atom stereocenters. The van der Waals surface area contributed by atoms with E-state index in [4.69, 9.17) is 0 Å². The molecule has 1 rings (SSSR count). The Labute approximate surface area is 98.0 Å². The van der Waals surface area contributed by atoms with Crippen molar-refractivity contribution in [2.75, 3.05) is 19.3 Å². The van der Waals surface area contributed by atoms with Crippen LogP contribution >= 0.6 is 7.60 Å². The minimum atomic E-state index is -3.91. The molecule has 1 fully saturated rings. The smallest absolute Gasteiger partial charge is 0.324 e. The van der Waals surface area contributed by atoms with Crippen molar-refractivity contribution in [2.24, 2.45) is 11.3 Å². The van der Waals surface area contributed by atoms with Crippen LogP contribution < -0.4 is 5.32 Å². The van der Waals surface area contributed by atoms with E-state index in [2.05, 4.69) is 19.2 Å². The van der Waals surface area contributed by atoms with E-state index >= 15 is 0 Å². The molecule has 0 aromatic rings. The summed E-state index contributed by atoms with van der Waals surface area (Å²) >= 11 is 0. The van der Waals surface area contributed by atoms with E-state index in [1.54, 1.807) is 0 Å². The number of rotatable bonds is 5. The second-order valence-corrected chi connectivity index (χ2v) is 6.56. The van der Waals surface area contributed by atoms with Gasteiger partial charge in [0.1, 0.15) is 0 Å². The summed E-state index contributed by atoms with van der Waals surface area (Å²) in [7, 11) is -3.91. The van der Waals surface area contributed by atoms with Gasteiger partial charge in [-0.3, -0.25) is 4.57 Å². The molecule has 0 aromatic carbocycles. The second kappa shape index (κ2) is 5.63. The lowest BCUT2D eigenvalue weighted by molar-refractivity contribution is 0.128. The van der Waals surface area contributed by atoms with E-state index in [1.807, 2.05) is 0 Å². The van der Waals surface area contributed by atoms with Crippen LogP contribution in [0.2, 0.25) is 0 Å². The van der Waals surface area contributed by atoms with Gasteiger partial charge in [-0.05, 0) is 50.1 Å². The third kappa shape index (κ3) is 3.56. The maximum atomic E-state index is 11.3. The topological polar surface area (TPSA) is 69.6 Å². The molecule has 0 radical (unpaired) electrons. The van der Waals surface area contributed by atoms with Gasteiger partial charge in [-0.25, -0.2) is 0 Å². The maximum absolute atomic E-state index is 11.3. The van der Waals surface area contributed by atoms with Gasteiger partial charge in [0.05, 0.1) is 6.16 Å². The quantitative estimate of drug-likeness (QED) is 0.651. The lowest BCUT2D eigenvalue weighted by Crippen LogP contribution is -2.40. The molecule has 0 aromatic heterocycles. The molecule has 0 saturated carbocycles. The summed E-state index contributed by atoms with van der Waals surface area (Å²) in [6.07, 6.45) is 3.86. The molecular weight excluding hydrogens is 225 g/mol. The van der Waals surface area contributed by atoms with Gasteiger partial charge in [0, 0.05) is 0 Å². The van der Waals surface area contributed by atoms with Gasteiger partial charge in [-0.15, -0.1) is 0 Å². The fourth-order valence-electron chi connectivity index (χ4n) is 3.02. The third-order valence-corrected chi connectivity index (χ3v) is 5.18. The molecule has 5 heteroatoms. The Morgan fingerprint density at radius 2 is 1.75 bits per heavy atom. The summed E-state index contributed by atoms with van der Waals surface area (Å²) in [6.45, 7) is 6.07. The first-order valence-corrected chi connectivity index (χ1v) is 7.98. The molecule has 0 aliphatic carbocycles. The number of hydrogen-bond donors (Lipinski definition) is 3. The summed E-state index contributed by atoms with van der Waals surface area (Å²) in [4.78, 5) is 18.5. The first kappa shape index (κ1) is 14.2. The zero-order chi connectivity index (χ0) is 12.2. The van der Waals surface area contributed by atoms with Crippen LogP contribution in [0.15, 0.2) is 0 Å². The summed E-state index contributed by atoms with van der Waals surface area (Å²) in [5.74, 6) is 0.455. The van der Waals surface area contributed by atoms with Gasteiger partial charge in [-0.1, -0.05) is 13.8 Å². The average Bonchev–Trinajstić information content (AvgIpc) is 2.26. The minimum Gasteiger partial charge on any atom is -0.324 e. The zero-order valence-electron chi connectivity index (χ0n) is 10.3. The van der Waals surface area contributed by atoms with E-state index in [0.29, 0.717) is 5.92 Å². The van der Waals surface area contributed by atoms with Crippen molar-refractivity contribution in [1.82, 2.24) is 5.32 Å². The average molecular weight is 249 g/mol. The van der Waals surface area contributed by atoms with Crippen molar-refractivity contribution in [1.29, 1.82) is 0 Å². The Morgan fingerprint density at radius 3 is 2.12 bits per heavy atom. The minimum absolute atomic E-state index is 0.0532. The molecule has 16 heavy (non-hydrogen) atoms. The molecule has 0 spiro atoms. The highest BCUT2D eigenvalue weighted by molar-refractivity contribution is 7.51. The summed E-state index contributed by atoms with van der Waals surface area (Å²) in [5.41, 5.74) is -0.166. The SMILES string of the molecule is CCC(CC)(CP(=O)(O)O)C1CCNCC1. The summed E-state index contributed by atoms with van der Waals surface area (Å²) < 4.78 is 11.3. The van der Waals surface area contributed by atoms with Gasteiger partial charge in [-0.2, -0.15) is 0 Å². The fraction of sp³-hybridized carbons (Fsp3) is 1.00. The summed E-state index contributed by atoms with van der Waals surface area (Å²) in [5, 5.41) is 3.30. The highest BCUT2D eigenvalue weighted by Crippen LogP contribution is 2.50. The van der Waals surface area contributed by atoms with Crippen molar-refractivity contribution in [2.45, 2.75) is 39.5 Å². The van der Waals surface area contributed by atoms with Gasteiger partial charge < -0.3 is 15.1 Å². The van der Waals surface area contributed by atoms with E-state index in [0.717, 1.165) is 38.8 Å². The fourth-order valence-corrected chi connectivity index (χ4v) is 4.55. The first-order valence-electron chi connectivity index (χ1n) is 6.19. The van der Waals surface area contributed by atoms with Crippen molar-refractivity contribution >= 4 is 7.60 Å². The first-order chi connectivity index (χ1) is 7.43. The molecule has 0 atom stereocenters. The summed E-state index contributed by atoms with van der Waals surface area (Å²) in [6, 6.07) is 0. The monoisotopic (exact) mass is 249 g/mol. The normalized spacial score (nSPS) is 20.0. The highest BCUT2D eigenvalue weighted by Gasteiger charge is 2.40. The molecule has 1 heterocycles. The second-order valence-electron chi connectivity index (χ2n) is 4.92. The van der Waals surface area contributed by atoms with E-state index < -0.39 is 7.60 Å². The van der Waals surface area contributed by atoms with Crippen LogP contribution in [0.3, 0.4) is 0 Å². The Morgan fingerprint density at radius 1 is 1.25 bits per heavy atom. The van der Waals surface area contributed by atoms with Crippen LogP contribution in [-0.2, 0) is 4.57 Å². The number of piperidine rings is 1. The van der Waals surface area contributed by atoms with Crippen molar-refractivity contribution in [3.05, 3.63) is 0 Å². The molecule has 0 bridgehead atoms. The van der Waals surface area contributed by atoms with Gasteiger partial charge in [0.15, 0.2) is 0 Å². The van der Waals surface area contributed by atoms with Crippen LogP contribution in [0.4, 0.5) is 0 Å². The molecule has 1 saturated heterocycles. The zero-order valence-corrected chi connectivity index (χ0v) is 11.2. The van der Waals surface area contributed by atoms with Crippen LogP contribution in [-0.4, -0.2) is 29.0 Å². The van der Waals surface area contributed by atoms with Crippen LogP contribution in [0.25, 0.3) is 0 Å².